The van der Waals surface area contributed by atoms with Gasteiger partial charge in [-0.2, -0.15) is 10.2 Å². The summed E-state index contributed by atoms with van der Waals surface area (Å²) in [5.74, 6) is 0. The largest absolute Gasteiger partial charge is 0.394 e. The first-order valence-electron chi connectivity index (χ1n) is 8.68. The van der Waals surface area contributed by atoms with Crippen LogP contribution in [0.3, 0.4) is 0 Å². The highest BCUT2D eigenvalue weighted by molar-refractivity contribution is 5.78. The molecule has 140 valence electrons. The van der Waals surface area contributed by atoms with Crippen LogP contribution in [-0.2, 0) is 18.0 Å². The first kappa shape index (κ1) is 17.3. The van der Waals surface area contributed by atoms with Gasteiger partial charge in [-0.15, -0.1) is 0 Å². The minimum atomic E-state index is -0.498. The second kappa shape index (κ2) is 7.28. The van der Waals surface area contributed by atoms with Crippen molar-refractivity contribution in [3.05, 3.63) is 63.8 Å². The quantitative estimate of drug-likeness (QED) is 0.457. The molecule has 0 aliphatic carbocycles. The Labute approximate surface area is 155 Å². The highest BCUT2D eigenvalue weighted by Gasteiger charge is 2.50. The molecule has 2 aliphatic rings. The Morgan fingerprint density at radius 1 is 1.37 bits per heavy atom. The lowest BCUT2D eigenvalue weighted by Crippen LogP contribution is -2.37. The van der Waals surface area contributed by atoms with Crippen molar-refractivity contribution in [3.8, 4) is 0 Å². The summed E-state index contributed by atoms with van der Waals surface area (Å²) in [6.07, 6.45) is 1.70. The maximum absolute atomic E-state index is 12.8. The summed E-state index contributed by atoms with van der Waals surface area (Å²) >= 11 is 0. The molecule has 2 aromatic rings. The van der Waals surface area contributed by atoms with Crippen molar-refractivity contribution in [2.24, 2.45) is 5.11 Å². The molecule has 0 saturated carbocycles. The summed E-state index contributed by atoms with van der Waals surface area (Å²) in [4.78, 5) is 23.0. The minimum Gasteiger partial charge on any atom is -0.394 e. The number of aliphatic hydroxyl groups excluding tert-OH is 1. The number of fused-ring (bicyclic) bond motifs is 4. The van der Waals surface area contributed by atoms with Gasteiger partial charge in [-0.05, 0) is 11.1 Å². The Morgan fingerprint density at radius 2 is 2.19 bits per heavy atom. The second-order valence-electron chi connectivity index (χ2n) is 6.40. The van der Waals surface area contributed by atoms with E-state index in [-0.39, 0.29) is 31.8 Å². The lowest BCUT2D eigenvalue weighted by molar-refractivity contribution is -0.141. The van der Waals surface area contributed by atoms with E-state index in [1.54, 1.807) is 15.8 Å². The van der Waals surface area contributed by atoms with E-state index in [4.69, 9.17) is 10.4 Å². The van der Waals surface area contributed by atoms with Gasteiger partial charge in [-0.3, -0.25) is 9.52 Å². The molecule has 3 heterocycles. The molecule has 1 aromatic heterocycles. The molecule has 1 aromatic carbocycles. The van der Waals surface area contributed by atoms with Gasteiger partial charge < -0.3 is 10.0 Å². The third kappa shape index (κ3) is 2.99. The summed E-state index contributed by atoms with van der Waals surface area (Å²) in [6, 6.07) is 8.57. The molecular formula is C17H19N7O3. The highest BCUT2D eigenvalue weighted by atomic mass is 16.7. The lowest BCUT2D eigenvalue weighted by Gasteiger charge is -2.30. The number of aliphatic hydroxyl groups is 1. The molecule has 2 amide bonds. The van der Waals surface area contributed by atoms with Crippen LogP contribution in [0.15, 0.2) is 41.6 Å². The Hall–Kier alpha value is -3.07. The number of hydrogen-bond donors (Lipinski definition) is 1. The number of benzene rings is 1. The monoisotopic (exact) mass is 369 g/mol. The van der Waals surface area contributed by atoms with Crippen LogP contribution in [0.1, 0.15) is 28.9 Å². The fraction of sp³-hybridized carbons (Fsp3) is 0.412. The highest BCUT2D eigenvalue weighted by Crippen LogP contribution is 2.43. The van der Waals surface area contributed by atoms with Crippen LogP contribution in [0.4, 0.5) is 4.79 Å². The Morgan fingerprint density at radius 3 is 2.93 bits per heavy atom. The summed E-state index contributed by atoms with van der Waals surface area (Å²) in [5, 5.41) is 19.2. The Kier molecular flexibility index (Phi) is 4.68. The molecule has 1 saturated heterocycles. The average Bonchev–Trinajstić information content (AvgIpc) is 3.23. The standard InChI is InChI=1S/C17H19N7O3/c18-21-19-6-7-23-16-13(8-20-23)14-9-22(15(16)10-25)17(26)24(14)27-11-12-4-2-1-3-5-12/h1-5,8,14-15,25H,6-7,9-11H2/t14-,15+/m0/s1. The smallest absolute Gasteiger partial charge is 0.345 e. The molecule has 10 heteroatoms. The first-order chi connectivity index (χ1) is 13.2. The molecule has 2 bridgehead atoms. The van der Waals surface area contributed by atoms with E-state index < -0.39 is 6.04 Å². The summed E-state index contributed by atoms with van der Waals surface area (Å²) in [5.41, 5.74) is 11.0. The van der Waals surface area contributed by atoms with Gasteiger partial charge >= 0.3 is 6.03 Å². The van der Waals surface area contributed by atoms with Crippen molar-refractivity contribution >= 4 is 6.03 Å². The SMILES string of the molecule is [N-]=[N+]=NCCn1ncc2c1[C@@H](CO)N1C[C@@H]2N(OCc2ccccc2)C1=O. The van der Waals surface area contributed by atoms with E-state index in [0.717, 1.165) is 16.8 Å². The van der Waals surface area contributed by atoms with Crippen LogP contribution < -0.4 is 0 Å². The lowest BCUT2D eigenvalue weighted by atomic mass is 9.98. The molecule has 0 radical (unpaired) electrons. The maximum Gasteiger partial charge on any atom is 0.345 e. The molecule has 2 atom stereocenters. The van der Waals surface area contributed by atoms with Crippen molar-refractivity contribution in [2.45, 2.75) is 25.2 Å². The Bertz CT molecular complexity index is 878. The second-order valence-corrected chi connectivity index (χ2v) is 6.40. The van der Waals surface area contributed by atoms with Crippen molar-refractivity contribution in [3.63, 3.8) is 0 Å². The number of azide groups is 1. The van der Waals surface area contributed by atoms with Gasteiger partial charge in [0.1, 0.15) is 12.6 Å². The molecule has 0 unspecified atom stereocenters. The fourth-order valence-corrected chi connectivity index (χ4v) is 3.67. The van der Waals surface area contributed by atoms with Crippen LogP contribution in [0.2, 0.25) is 0 Å². The molecule has 2 aliphatic heterocycles. The maximum atomic E-state index is 12.8. The molecule has 1 N–H and O–H groups in total. The van der Waals surface area contributed by atoms with Crippen LogP contribution in [0.25, 0.3) is 10.4 Å². The van der Waals surface area contributed by atoms with E-state index in [9.17, 15) is 9.90 Å². The normalized spacial score (nSPS) is 20.6. The number of nitrogens with zero attached hydrogens (tertiary/aromatic N) is 7. The molecular weight excluding hydrogens is 350 g/mol. The average molecular weight is 369 g/mol. The number of hydroxylamine groups is 2. The predicted molar refractivity (Wildman–Crippen MR) is 94.0 cm³/mol. The van der Waals surface area contributed by atoms with Crippen LogP contribution in [-0.4, -0.2) is 50.6 Å². The third-order valence-corrected chi connectivity index (χ3v) is 4.91. The van der Waals surface area contributed by atoms with Crippen LogP contribution >= 0.6 is 0 Å². The number of carbonyl (C=O) groups is 1. The zero-order valence-corrected chi connectivity index (χ0v) is 14.5. The molecule has 10 nitrogen and oxygen atoms in total. The van der Waals surface area contributed by atoms with E-state index >= 15 is 0 Å². The van der Waals surface area contributed by atoms with Crippen molar-refractivity contribution in [2.75, 3.05) is 19.7 Å². The van der Waals surface area contributed by atoms with Gasteiger partial charge in [0.2, 0.25) is 0 Å². The van der Waals surface area contributed by atoms with Gasteiger partial charge in [0.15, 0.2) is 0 Å². The number of hydrogen-bond acceptors (Lipinski definition) is 5. The number of carbonyl (C=O) groups excluding carboxylic acids is 1. The zero-order valence-electron chi connectivity index (χ0n) is 14.5. The third-order valence-electron chi connectivity index (χ3n) is 4.91. The van der Waals surface area contributed by atoms with Gasteiger partial charge in [-0.1, -0.05) is 35.4 Å². The van der Waals surface area contributed by atoms with Crippen molar-refractivity contribution in [1.29, 1.82) is 0 Å². The van der Waals surface area contributed by atoms with Gasteiger partial charge in [0.05, 0.1) is 31.1 Å². The molecule has 1 fully saturated rings. The van der Waals surface area contributed by atoms with E-state index in [2.05, 4.69) is 15.1 Å². The summed E-state index contributed by atoms with van der Waals surface area (Å²) in [7, 11) is 0. The predicted octanol–water partition coefficient (Wildman–Crippen LogP) is 2.15. The van der Waals surface area contributed by atoms with Crippen molar-refractivity contribution < 1.29 is 14.7 Å². The molecule has 4 rings (SSSR count). The summed E-state index contributed by atoms with van der Waals surface area (Å²) in [6.45, 7) is 1.13. The Balaban J connectivity index is 1.60. The van der Waals surface area contributed by atoms with E-state index in [1.165, 1.54) is 5.06 Å². The molecule has 27 heavy (non-hydrogen) atoms. The van der Waals surface area contributed by atoms with Crippen LogP contribution in [0, 0.1) is 0 Å². The van der Waals surface area contributed by atoms with Gasteiger partial charge in [0.25, 0.3) is 0 Å². The number of urea groups is 1. The number of aromatic nitrogens is 2. The van der Waals surface area contributed by atoms with E-state index in [1.807, 2.05) is 30.3 Å². The number of amides is 2. The van der Waals surface area contributed by atoms with Gasteiger partial charge in [-0.25, -0.2) is 4.79 Å². The van der Waals surface area contributed by atoms with Crippen LogP contribution in [0.5, 0.6) is 0 Å². The molecule has 0 spiro atoms. The number of rotatable bonds is 7. The fourth-order valence-electron chi connectivity index (χ4n) is 3.67. The first-order valence-corrected chi connectivity index (χ1v) is 8.68. The zero-order chi connectivity index (χ0) is 18.8. The minimum absolute atomic E-state index is 0.217. The topological polar surface area (TPSA) is 120 Å². The van der Waals surface area contributed by atoms with E-state index in [0.29, 0.717) is 13.1 Å². The van der Waals surface area contributed by atoms with Crippen molar-refractivity contribution in [1.82, 2.24) is 19.7 Å². The summed E-state index contributed by atoms with van der Waals surface area (Å²) < 4.78 is 1.69. The van der Waals surface area contributed by atoms with Gasteiger partial charge in [0, 0.05) is 23.6 Å².